The summed E-state index contributed by atoms with van der Waals surface area (Å²) in [6.07, 6.45) is 1.55. The molecule has 0 unspecified atom stereocenters. The fraction of sp³-hybridized carbons (Fsp3) is 0.500. The van der Waals surface area contributed by atoms with Crippen molar-refractivity contribution in [1.29, 1.82) is 0 Å². The van der Waals surface area contributed by atoms with Crippen LogP contribution >= 0.6 is 27.7 Å². The molecule has 98 valence electrons. The van der Waals surface area contributed by atoms with Crippen LogP contribution in [0.1, 0.15) is 26.7 Å². The summed E-state index contributed by atoms with van der Waals surface area (Å²) in [4.78, 5) is 12.6. The summed E-state index contributed by atoms with van der Waals surface area (Å²) in [5.41, 5.74) is 0. The van der Waals surface area contributed by atoms with Crippen LogP contribution in [0.4, 0.5) is 0 Å². The van der Waals surface area contributed by atoms with Crippen molar-refractivity contribution in [2.45, 2.75) is 36.3 Å². The van der Waals surface area contributed by atoms with E-state index in [1.807, 2.05) is 24.3 Å². The molecule has 0 aliphatic heterocycles. The van der Waals surface area contributed by atoms with E-state index in [0.29, 0.717) is 11.8 Å². The standard InChI is InChI=1S/C14H17BrO2S/c1-9(2)10-7-14(8-10,13(16)17)18-12-5-3-4-11(15)6-12/h3-6,9-10H,7-8H2,1-2H3,(H,16,17). The number of rotatable bonds is 4. The summed E-state index contributed by atoms with van der Waals surface area (Å²) in [7, 11) is 0. The molecule has 2 rings (SSSR count). The van der Waals surface area contributed by atoms with E-state index in [1.54, 1.807) is 0 Å². The molecule has 1 aromatic rings. The Bertz CT molecular complexity index is 453. The van der Waals surface area contributed by atoms with E-state index >= 15 is 0 Å². The number of aliphatic carboxylic acids is 1. The summed E-state index contributed by atoms with van der Waals surface area (Å²) in [6.45, 7) is 4.33. The van der Waals surface area contributed by atoms with E-state index < -0.39 is 10.7 Å². The quantitative estimate of drug-likeness (QED) is 0.888. The van der Waals surface area contributed by atoms with E-state index in [-0.39, 0.29) is 0 Å². The van der Waals surface area contributed by atoms with Crippen molar-refractivity contribution in [2.24, 2.45) is 11.8 Å². The van der Waals surface area contributed by atoms with Gasteiger partial charge in [0.15, 0.2) is 0 Å². The lowest BCUT2D eigenvalue weighted by molar-refractivity contribution is -0.144. The molecule has 0 saturated heterocycles. The Kier molecular flexibility index (Phi) is 4.07. The fourth-order valence-electron chi connectivity index (χ4n) is 2.32. The van der Waals surface area contributed by atoms with Gasteiger partial charge in [-0.2, -0.15) is 0 Å². The third kappa shape index (κ3) is 2.75. The molecule has 1 aliphatic carbocycles. The second-order valence-corrected chi connectivity index (χ2v) is 7.64. The summed E-state index contributed by atoms with van der Waals surface area (Å²) >= 11 is 4.91. The number of thioether (sulfide) groups is 1. The van der Waals surface area contributed by atoms with E-state index in [1.165, 1.54) is 11.8 Å². The normalized spacial score (nSPS) is 27.0. The van der Waals surface area contributed by atoms with Gasteiger partial charge in [0.1, 0.15) is 4.75 Å². The molecule has 1 saturated carbocycles. The zero-order valence-corrected chi connectivity index (χ0v) is 12.9. The molecule has 0 radical (unpaired) electrons. The predicted octanol–water partition coefficient (Wildman–Crippen LogP) is 4.43. The number of carboxylic acids is 1. The van der Waals surface area contributed by atoms with Crippen LogP contribution in [0.3, 0.4) is 0 Å². The van der Waals surface area contributed by atoms with Gasteiger partial charge in [-0.25, -0.2) is 0 Å². The molecule has 0 bridgehead atoms. The van der Waals surface area contributed by atoms with Crippen LogP contribution in [-0.2, 0) is 4.79 Å². The lowest BCUT2D eigenvalue weighted by Crippen LogP contribution is -2.49. The van der Waals surface area contributed by atoms with Crippen molar-refractivity contribution in [1.82, 2.24) is 0 Å². The van der Waals surface area contributed by atoms with Gasteiger partial charge in [0.25, 0.3) is 0 Å². The Balaban J connectivity index is 2.12. The van der Waals surface area contributed by atoms with Crippen molar-refractivity contribution in [3.05, 3.63) is 28.7 Å². The molecule has 1 N–H and O–H groups in total. The van der Waals surface area contributed by atoms with Gasteiger partial charge in [-0.15, -0.1) is 11.8 Å². The molecule has 0 atom stereocenters. The second-order valence-electron chi connectivity index (χ2n) is 5.27. The number of benzene rings is 1. The molecule has 0 aromatic heterocycles. The van der Waals surface area contributed by atoms with Gasteiger partial charge < -0.3 is 5.11 Å². The van der Waals surface area contributed by atoms with Crippen molar-refractivity contribution < 1.29 is 9.90 Å². The maximum Gasteiger partial charge on any atom is 0.320 e. The Morgan fingerprint density at radius 2 is 2.17 bits per heavy atom. The Morgan fingerprint density at radius 1 is 1.50 bits per heavy atom. The number of carboxylic acid groups (broad SMARTS) is 1. The first kappa shape index (κ1) is 13.9. The molecular weight excluding hydrogens is 312 g/mol. The lowest BCUT2D eigenvalue weighted by atomic mass is 9.69. The van der Waals surface area contributed by atoms with Crippen LogP contribution in [-0.4, -0.2) is 15.8 Å². The van der Waals surface area contributed by atoms with Crippen molar-refractivity contribution in [3.63, 3.8) is 0 Å². The Hall–Kier alpha value is -0.480. The topological polar surface area (TPSA) is 37.3 Å². The lowest BCUT2D eigenvalue weighted by Gasteiger charge is -2.45. The van der Waals surface area contributed by atoms with Crippen molar-refractivity contribution in [3.8, 4) is 0 Å². The van der Waals surface area contributed by atoms with Gasteiger partial charge in [0, 0.05) is 9.37 Å². The minimum absolute atomic E-state index is 0.542. The highest BCUT2D eigenvalue weighted by Crippen LogP contribution is 2.53. The zero-order chi connectivity index (χ0) is 13.3. The van der Waals surface area contributed by atoms with Crippen LogP contribution in [0, 0.1) is 11.8 Å². The fourth-order valence-corrected chi connectivity index (χ4v) is 4.33. The molecule has 4 heteroatoms. The third-order valence-corrected chi connectivity index (χ3v) is 5.51. The van der Waals surface area contributed by atoms with Gasteiger partial charge in [0.2, 0.25) is 0 Å². The van der Waals surface area contributed by atoms with E-state index in [4.69, 9.17) is 0 Å². The van der Waals surface area contributed by atoms with Gasteiger partial charge in [-0.3, -0.25) is 4.79 Å². The minimum Gasteiger partial charge on any atom is -0.480 e. The smallest absolute Gasteiger partial charge is 0.320 e. The monoisotopic (exact) mass is 328 g/mol. The molecular formula is C14H17BrO2S. The van der Waals surface area contributed by atoms with Crippen LogP contribution < -0.4 is 0 Å². The second kappa shape index (κ2) is 5.25. The van der Waals surface area contributed by atoms with Crippen LogP contribution in [0.15, 0.2) is 33.6 Å². The molecule has 0 heterocycles. The van der Waals surface area contributed by atoms with Crippen LogP contribution in [0.25, 0.3) is 0 Å². The largest absolute Gasteiger partial charge is 0.480 e. The summed E-state index contributed by atoms with van der Waals surface area (Å²) in [5, 5.41) is 9.48. The molecule has 1 fully saturated rings. The van der Waals surface area contributed by atoms with E-state index in [9.17, 15) is 9.90 Å². The predicted molar refractivity (Wildman–Crippen MR) is 77.9 cm³/mol. The SMILES string of the molecule is CC(C)C1CC(Sc2cccc(Br)c2)(C(=O)O)C1. The third-order valence-electron chi connectivity index (χ3n) is 3.63. The summed E-state index contributed by atoms with van der Waals surface area (Å²) in [5.74, 6) is 0.436. The highest BCUT2D eigenvalue weighted by atomic mass is 79.9. The van der Waals surface area contributed by atoms with Gasteiger partial charge >= 0.3 is 5.97 Å². The highest BCUT2D eigenvalue weighted by Gasteiger charge is 2.52. The van der Waals surface area contributed by atoms with E-state index in [2.05, 4.69) is 29.8 Å². The number of halogens is 1. The first-order chi connectivity index (χ1) is 8.43. The molecule has 0 amide bonds. The van der Waals surface area contributed by atoms with Gasteiger partial charge in [0.05, 0.1) is 0 Å². The number of hydrogen-bond acceptors (Lipinski definition) is 2. The number of hydrogen-bond donors (Lipinski definition) is 1. The molecule has 18 heavy (non-hydrogen) atoms. The zero-order valence-electron chi connectivity index (χ0n) is 10.5. The summed E-state index contributed by atoms with van der Waals surface area (Å²) in [6, 6.07) is 7.86. The average molecular weight is 329 g/mol. The van der Waals surface area contributed by atoms with E-state index in [0.717, 1.165) is 22.2 Å². The molecule has 2 nitrogen and oxygen atoms in total. The number of carbonyl (C=O) groups is 1. The minimum atomic E-state index is -0.677. The van der Waals surface area contributed by atoms with Gasteiger partial charge in [-0.05, 0) is 42.9 Å². The maximum absolute atomic E-state index is 11.5. The molecule has 0 spiro atoms. The highest BCUT2D eigenvalue weighted by molar-refractivity contribution is 9.10. The van der Waals surface area contributed by atoms with Crippen molar-refractivity contribution >= 4 is 33.7 Å². The molecule has 1 aliphatic rings. The Labute approximate surface area is 120 Å². The first-order valence-electron chi connectivity index (χ1n) is 6.11. The van der Waals surface area contributed by atoms with Gasteiger partial charge in [-0.1, -0.05) is 35.8 Å². The first-order valence-corrected chi connectivity index (χ1v) is 7.72. The average Bonchev–Trinajstić information content (AvgIpc) is 2.21. The van der Waals surface area contributed by atoms with Crippen molar-refractivity contribution in [2.75, 3.05) is 0 Å². The summed E-state index contributed by atoms with van der Waals surface area (Å²) < 4.78 is 0.378. The van der Waals surface area contributed by atoms with Crippen LogP contribution in [0.2, 0.25) is 0 Å². The maximum atomic E-state index is 11.5. The van der Waals surface area contributed by atoms with Crippen LogP contribution in [0.5, 0.6) is 0 Å². The molecule has 1 aromatic carbocycles. The Morgan fingerprint density at radius 3 is 2.67 bits per heavy atom.